The fraction of sp³-hybridized carbons (Fsp3) is 0.929. The zero-order chi connectivity index (χ0) is 13.3. The smallest absolute Gasteiger partial charge is 0.304 e. The molecule has 0 aromatic rings. The number of carbonyl (C=O) groups is 1. The van der Waals surface area contributed by atoms with Crippen molar-refractivity contribution in [2.75, 3.05) is 0 Å². The van der Waals surface area contributed by atoms with Crippen molar-refractivity contribution in [1.29, 1.82) is 0 Å². The summed E-state index contributed by atoms with van der Waals surface area (Å²) in [6, 6.07) is 0. The lowest BCUT2D eigenvalue weighted by Crippen LogP contribution is -2.35. The fourth-order valence-electron chi connectivity index (χ4n) is 2.42. The lowest BCUT2D eigenvalue weighted by atomic mass is 9.73. The average molecular weight is 244 g/mol. The van der Waals surface area contributed by atoms with Crippen molar-refractivity contribution in [3.05, 3.63) is 0 Å². The molecule has 0 rings (SSSR count). The number of aliphatic hydroxyl groups excluding tert-OH is 1. The summed E-state index contributed by atoms with van der Waals surface area (Å²) in [6.07, 6.45) is 6.90. The average Bonchev–Trinajstić information content (AvgIpc) is 2.26. The molecule has 0 aliphatic rings. The van der Waals surface area contributed by atoms with E-state index in [0.717, 1.165) is 25.7 Å². The van der Waals surface area contributed by atoms with Gasteiger partial charge in [-0.25, -0.2) is 0 Å². The largest absolute Gasteiger partial charge is 0.481 e. The molecule has 0 fully saturated rings. The molecule has 102 valence electrons. The summed E-state index contributed by atoms with van der Waals surface area (Å²) in [5, 5.41) is 18.8. The summed E-state index contributed by atoms with van der Waals surface area (Å²) in [5.74, 6) is -0.804. The Bertz CT molecular complexity index is 214. The van der Waals surface area contributed by atoms with Crippen molar-refractivity contribution < 1.29 is 15.0 Å². The van der Waals surface area contributed by atoms with Crippen LogP contribution in [0.15, 0.2) is 0 Å². The molecule has 0 saturated carbocycles. The first-order chi connectivity index (χ1) is 7.98. The molecule has 17 heavy (non-hydrogen) atoms. The molecule has 3 heteroatoms. The van der Waals surface area contributed by atoms with Gasteiger partial charge in [0.25, 0.3) is 0 Å². The lowest BCUT2D eigenvalue weighted by molar-refractivity contribution is -0.142. The highest BCUT2D eigenvalue weighted by Crippen LogP contribution is 2.36. The predicted molar refractivity (Wildman–Crippen MR) is 70.0 cm³/mol. The Balaban J connectivity index is 4.23. The zero-order valence-corrected chi connectivity index (χ0v) is 11.5. The minimum atomic E-state index is -0.804. The van der Waals surface area contributed by atoms with Gasteiger partial charge in [-0.05, 0) is 19.8 Å². The van der Waals surface area contributed by atoms with Gasteiger partial charge in [0.2, 0.25) is 0 Å². The SMILES string of the molecule is CCCCCCCC(CC)(CC(=O)O)C(C)O. The zero-order valence-electron chi connectivity index (χ0n) is 11.5. The van der Waals surface area contributed by atoms with Crippen LogP contribution in [0.3, 0.4) is 0 Å². The summed E-state index contributed by atoms with van der Waals surface area (Å²) >= 11 is 0. The maximum atomic E-state index is 10.9. The van der Waals surface area contributed by atoms with Crippen LogP contribution in [0.4, 0.5) is 0 Å². The van der Waals surface area contributed by atoms with Gasteiger partial charge in [-0.1, -0.05) is 46.0 Å². The maximum Gasteiger partial charge on any atom is 0.304 e. The van der Waals surface area contributed by atoms with Gasteiger partial charge >= 0.3 is 5.97 Å². The molecule has 2 unspecified atom stereocenters. The van der Waals surface area contributed by atoms with E-state index < -0.39 is 17.5 Å². The van der Waals surface area contributed by atoms with Crippen molar-refractivity contribution in [1.82, 2.24) is 0 Å². The van der Waals surface area contributed by atoms with Crippen molar-refractivity contribution >= 4 is 5.97 Å². The number of aliphatic carboxylic acids is 1. The third-order valence-electron chi connectivity index (χ3n) is 3.87. The Morgan fingerprint density at radius 3 is 2.18 bits per heavy atom. The number of hydrogen-bond acceptors (Lipinski definition) is 2. The second-order valence-electron chi connectivity index (χ2n) is 5.13. The van der Waals surface area contributed by atoms with E-state index in [1.807, 2.05) is 6.92 Å². The molecule has 0 saturated heterocycles. The molecule has 0 heterocycles. The summed E-state index contributed by atoms with van der Waals surface area (Å²) in [7, 11) is 0. The van der Waals surface area contributed by atoms with Crippen LogP contribution >= 0.6 is 0 Å². The highest BCUT2D eigenvalue weighted by atomic mass is 16.4. The minimum absolute atomic E-state index is 0.0783. The normalized spacial score (nSPS) is 16.5. The van der Waals surface area contributed by atoms with Crippen LogP contribution in [0.2, 0.25) is 0 Å². The van der Waals surface area contributed by atoms with E-state index in [4.69, 9.17) is 5.11 Å². The summed E-state index contributed by atoms with van der Waals surface area (Å²) in [4.78, 5) is 10.9. The monoisotopic (exact) mass is 244 g/mol. The maximum absolute atomic E-state index is 10.9. The molecular weight excluding hydrogens is 216 g/mol. The van der Waals surface area contributed by atoms with Crippen LogP contribution in [0, 0.1) is 5.41 Å². The minimum Gasteiger partial charge on any atom is -0.481 e. The Kier molecular flexibility index (Phi) is 8.23. The summed E-state index contributed by atoms with van der Waals surface area (Å²) < 4.78 is 0. The quantitative estimate of drug-likeness (QED) is 0.577. The Morgan fingerprint density at radius 2 is 1.76 bits per heavy atom. The second kappa shape index (κ2) is 8.51. The molecule has 0 radical (unpaired) electrons. The van der Waals surface area contributed by atoms with Crippen LogP contribution in [0.1, 0.15) is 72.1 Å². The molecule has 3 nitrogen and oxygen atoms in total. The number of unbranched alkanes of at least 4 members (excludes halogenated alkanes) is 4. The molecule has 0 spiro atoms. The van der Waals surface area contributed by atoms with Crippen molar-refractivity contribution in [3.8, 4) is 0 Å². The Morgan fingerprint density at radius 1 is 1.18 bits per heavy atom. The van der Waals surface area contributed by atoms with Crippen LogP contribution < -0.4 is 0 Å². The summed E-state index contributed by atoms with van der Waals surface area (Å²) in [6.45, 7) is 5.87. The molecule has 0 bridgehead atoms. The topological polar surface area (TPSA) is 57.5 Å². The molecule has 2 N–H and O–H groups in total. The first-order valence-corrected chi connectivity index (χ1v) is 6.88. The molecule has 0 aliphatic heterocycles. The van der Waals surface area contributed by atoms with E-state index in [0.29, 0.717) is 0 Å². The lowest BCUT2D eigenvalue weighted by Gasteiger charge is -2.34. The van der Waals surface area contributed by atoms with E-state index >= 15 is 0 Å². The number of carboxylic acid groups (broad SMARTS) is 1. The van der Waals surface area contributed by atoms with Gasteiger partial charge in [0.1, 0.15) is 0 Å². The molecule has 2 atom stereocenters. The van der Waals surface area contributed by atoms with Gasteiger partial charge in [0.05, 0.1) is 12.5 Å². The highest BCUT2D eigenvalue weighted by Gasteiger charge is 2.35. The number of rotatable bonds is 10. The van der Waals surface area contributed by atoms with Gasteiger partial charge in [0, 0.05) is 5.41 Å². The van der Waals surface area contributed by atoms with E-state index in [-0.39, 0.29) is 6.42 Å². The van der Waals surface area contributed by atoms with Crippen LogP contribution in [0.5, 0.6) is 0 Å². The molecule has 0 amide bonds. The molecule has 0 aromatic carbocycles. The van der Waals surface area contributed by atoms with E-state index in [1.165, 1.54) is 19.3 Å². The molecule has 0 aromatic heterocycles. The van der Waals surface area contributed by atoms with Crippen LogP contribution in [-0.4, -0.2) is 22.3 Å². The van der Waals surface area contributed by atoms with Crippen molar-refractivity contribution in [2.24, 2.45) is 5.41 Å². The Hall–Kier alpha value is -0.570. The third kappa shape index (κ3) is 6.06. The summed E-state index contributed by atoms with van der Waals surface area (Å²) in [5.41, 5.74) is -0.432. The predicted octanol–water partition coefficient (Wildman–Crippen LogP) is 3.60. The van der Waals surface area contributed by atoms with Gasteiger partial charge < -0.3 is 10.2 Å². The fourth-order valence-corrected chi connectivity index (χ4v) is 2.42. The number of hydrogen-bond donors (Lipinski definition) is 2. The van der Waals surface area contributed by atoms with Gasteiger partial charge in [-0.15, -0.1) is 0 Å². The van der Waals surface area contributed by atoms with Crippen LogP contribution in [0.25, 0.3) is 0 Å². The van der Waals surface area contributed by atoms with Gasteiger partial charge in [-0.3, -0.25) is 4.79 Å². The second-order valence-corrected chi connectivity index (χ2v) is 5.13. The van der Waals surface area contributed by atoms with E-state index in [1.54, 1.807) is 6.92 Å². The highest BCUT2D eigenvalue weighted by molar-refractivity contribution is 5.67. The first-order valence-electron chi connectivity index (χ1n) is 6.88. The number of carboxylic acids is 1. The van der Waals surface area contributed by atoms with E-state index in [2.05, 4.69) is 6.92 Å². The molecular formula is C14H28O3. The Labute approximate surface area is 105 Å². The van der Waals surface area contributed by atoms with Gasteiger partial charge in [-0.2, -0.15) is 0 Å². The number of aliphatic hydroxyl groups is 1. The molecule has 0 aliphatic carbocycles. The van der Waals surface area contributed by atoms with Crippen LogP contribution in [-0.2, 0) is 4.79 Å². The van der Waals surface area contributed by atoms with Gasteiger partial charge in [0.15, 0.2) is 0 Å². The van der Waals surface area contributed by atoms with E-state index in [9.17, 15) is 9.90 Å². The standard InChI is InChI=1S/C14H28O3/c1-4-6-7-8-9-10-14(5-2,12(3)15)11-13(16)17/h12,15H,4-11H2,1-3H3,(H,16,17). The van der Waals surface area contributed by atoms with Crippen molar-refractivity contribution in [3.63, 3.8) is 0 Å². The third-order valence-corrected chi connectivity index (χ3v) is 3.87. The van der Waals surface area contributed by atoms with Crippen molar-refractivity contribution in [2.45, 2.75) is 78.2 Å². The first kappa shape index (κ1) is 16.4.